The van der Waals surface area contributed by atoms with Gasteiger partial charge in [0.2, 0.25) is 5.91 Å². The number of anilines is 1. The van der Waals surface area contributed by atoms with Gasteiger partial charge in [0.1, 0.15) is 24.7 Å². The van der Waals surface area contributed by atoms with Crippen molar-refractivity contribution in [2.75, 3.05) is 18.5 Å². The number of para-hydroxylation sites is 1. The van der Waals surface area contributed by atoms with Crippen LogP contribution in [0.3, 0.4) is 0 Å². The number of carbonyl (C=O) groups excluding carboxylic acids is 2. The maximum atomic E-state index is 12.5. The van der Waals surface area contributed by atoms with Crippen LogP contribution < -0.4 is 25.8 Å². The Kier molecular flexibility index (Phi) is 7.56. The van der Waals surface area contributed by atoms with E-state index in [9.17, 15) is 9.59 Å². The van der Waals surface area contributed by atoms with Crippen molar-refractivity contribution in [3.63, 3.8) is 0 Å². The molecule has 0 aromatic heterocycles. The van der Waals surface area contributed by atoms with Crippen molar-refractivity contribution in [3.05, 3.63) is 90.0 Å². The highest BCUT2D eigenvalue weighted by molar-refractivity contribution is 7.80. The molecule has 0 saturated carbocycles. The SMILES string of the molecule is NC(=O)c1ccc(NC(=S)NC(=O)c2cccc(OCCOc3ccccc3)c2)cc1. The quantitative estimate of drug-likeness (QED) is 0.370. The van der Waals surface area contributed by atoms with Crippen LogP contribution in [0.4, 0.5) is 5.69 Å². The highest BCUT2D eigenvalue weighted by Gasteiger charge is 2.10. The highest BCUT2D eigenvalue weighted by Crippen LogP contribution is 2.14. The van der Waals surface area contributed by atoms with Crippen LogP contribution >= 0.6 is 12.2 Å². The van der Waals surface area contributed by atoms with Crippen molar-refractivity contribution in [1.29, 1.82) is 0 Å². The Balaban J connectivity index is 1.48. The van der Waals surface area contributed by atoms with E-state index in [1.807, 2.05) is 30.3 Å². The maximum absolute atomic E-state index is 12.5. The molecule has 8 heteroatoms. The van der Waals surface area contributed by atoms with E-state index in [-0.39, 0.29) is 11.0 Å². The van der Waals surface area contributed by atoms with E-state index >= 15 is 0 Å². The number of rotatable bonds is 8. The lowest BCUT2D eigenvalue weighted by atomic mass is 10.2. The molecule has 0 aliphatic rings. The fourth-order valence-electron chi connectivity index (χ4n) is 2.62. The zero-order valence-corrected chi connectivity index (χ0v) is 17.4. The van der Waals surface area contributed by atoms with Crippen LogP contribution in [-0.4, -0.2) is 30.1 Å². The summed E-state index contributed by atoms with van der Waals surface area (Å²) in [4.78, 5) is 23.6. The number of nitrogens with two attached hydrogens (primary N) is 1. The van der Waals surface area contributed by atoms with Crippen LogP contribution in [0.1, 0.15) is 20.7 Å². The Hall–Kier alpha value is -3.91. The van der Waals surface area contributed by atoms with Gasteiger partial charge in [0.15, 0.2) is 5.11 Å². The second kappa shape index (κ2) is 10.7. The third-order valence-corrected chi connectivity index (χ3v) is 4.32. The zero-order chi connectivity index (χ0) is 22.1. The van der Waals surface area contributed by atoms with Gasteiger partial charge < -0.3 is 20.5 Å². The van der Waals surface area contributed by atoms with E-state index in [0.29, 0.717) is 35.8 Å². The molecular formula is C23H21N3O4S. The van der Waals surface area contributed by atoms with Crippen molar-refractivity contribution >= 4 is 34.8 Å². The monoisotopic (exact) mass is 435 g/mol. The first kappa shape index (κ1) is 21.8. The van der Waals surface area contributed by atoms with Gasteiger partial charge in [-0.3, -0.25) is 14.9 Å². The number of hydrogen-bond acceptors (Lipinski definition) is 5. The van der Waals surface area contributed by atoms with Crippen LogP contribution in [0.15, 0.2) is 78.9 Å². The molecule has 0 unspecified atom stereocenters. The molecule has 0 spiro atoms. The molecule has 0 heterocycles. The highest BCUT2D eigenvalue weighted by atomic mass is 32.1. The molecule has 3 aromatic rings. The summed E-state index contributed by atoms with van der Waals surface area (Å²) in [5.74, 6) is 0.420. The van der Waals surface area contributed by atoms with Gasteiger partial charge in [-0.25, -0.2) is 0 Å². The average Bonchev–Trinajstić information content (AvgIpc) is 2.78. The molecule has 0 atom stereocenters. The molecule has 0 aliphatic heterocycles. The Morgan fingerprint density at radius 2 is 1.45 bits per heavy atom. The molecule has 158 valence electrons. The summed E-state index contributed by atoms with van der Waals surface area (Å²) in [5.41, 5.74) is 6.61. The van der Waals surface area contributed by atoms with Crippen molar-refractivity contribution < 1.29 is 19.1 Å². The number of thiocarbonyl (C=S) groups is 1. The van der Waals surface area contributed by atoms with E-state index in [4.69, 9.17) is 27.4 Å². The molecule has 31 heavy (non-hydrogen) atoms. The van der Waals surface area contributed by atoms with Gasteiger partial charge >= 0.3 is 0 Å². The molecule has 7 nitrogen and oxygen atoms in total. The molecule has 0 fully saturated rings. The number of amides is 2. The molecule has 4 N–H and O–H groups in total. The lowest BCUT2D eigenvalue weighted by Crippen LogP contribution is -2.34. The second-order valence-electron chi connectivity index (χ2n) is 6.39. The zero-order valence-electron chi connectivity index (χ0n) is 16.5. The lowest BCUT2D eigenvalue weighted by molar-refractivity contribution is 0.0974. The molecular weight excluding hydrogens is 414 g/mol. The first-order chi connectivity index (χ1) is 15.0. The topological polar surface area (TPSA) is 103 Å². The standard InChI is InChI=1S/C23H21N3O4S/c24-21(27)16-9-11-18(12-10-16)25-23(31)26-22(28)17-5-4-8-20(15-17)30-14-13-29-19-6-2-1-3-7-19/h1-12,15H,13-14H2,(H2,24,27)(H2,25,26,28,31). The van der Waals surface area contributed by atoms with E-state index in [1.165, 1.54) is 0 Å². The van der Waals surface area contributed by atoms with Crippen LogP contribution in [-0.2, 0) is 0 Å². The Morgan fingerprint density at radius 1 is 0.806 bits per heavy atom. The van der Waals surface area contributed by atoms with E-state index in [1.54, 1.807) is 48.5 Å². The summed E-state index contributed by atoms with van der Waals surface area (Å²) >= 11 is 5.18. The molecule has 0 saturated heterocycles. The second-order valence-corrected chi connectivity index (χ2v) is 6.80. The van der Waals surface area contributed by atoms with Crippen molar-refractivity contribution in [1.82, 2.24) is 5.32 Å². The summed E-state index contributed by atoms with van der Waals surface area (Å²) in [6.45, 7) is 0.713. The third kappa shape index (κ3) is 6.83. The molecule has 3 aromatic carbocycles. The smallest absolute Gasteiger partial charge is 0.257 e. The molecule has 0 aliphatic carbocycles. The largest absolute Gasteiger partial charge is 0.490 e. The Morgan fingerprint density at radius 3 is 2.13 bits per heavy atom. The first-order valence-corrected chi connectivity index (χ1v) is 9.85. The van der Waals surface area contributed by atoms with Crippen LogP contribution in [0.25, 0.3) is 0 Å². The fraction of sp³-hybridized carbons (Fsp3) is 0.0870. The van der Waals surface area contributed by atoms with Crippen LogP contribution in [0.2, 0.25) is 0 Å². The molecule has 0 radical (unpaired) electrons. The summed E-state index contributed by atoms with van der Waals surface area (Å²) in [6, 6.07) is 22.6. The van der Waals surface area contributed by atoms with Crippen molar-refractivity contribution in [2.24, 2.45) is 5.73 Å². The van der Waals surface area contributed by atoms with Gasteiger partial charge in [-0.2, -0.15) is 0 Å². The normalized spacial score (nSPS) is 10.1. The maximum Gasteiger partial charge on any atom is 0.257 e. The predicted molar refractivity (Wildman–Crippen MR) is 123 cm³/mol. The number of benzene rings is 3. The van der Waals surface area contributed by atoms with Gasteiger partial charge in [-0.15, -0.1) is 0 Å². The Labute approximate surface area is 185 Å². The Bertz CT molecular complexity index is 1060. The van der Waals surface area contributed by atoms with Crippen LogP contribution in [0, 0.1) is 0 Å². The number of ether oxygens (including phenoxy) is 2. The summed E-state index contributed by atoms with van der Waals surface area (Å²) < 4.78 is 11.2. The van der Waals surface area contributed by atoms with Gasteiger partial charge in [-0.05, 0) is 66.8 Å². The summed E-state index contributed by atoms with van der Waals surface area (Å²) in [5, 5.41) is 5.61. The van der Waals surface area contributed by atoms with Gasteiger partial charge in [0, 0.05) is 16.8 Å². The van der Waals surface area contributed by atoms with Gasteiger partial charge in [0.25, 0.3) is 5.91 Å². The van der Waals surface area contributed by atoms with E-state index < -0.39 is 5.91 Å². The molecule has 0 bridgehead atoms. The number of carbonyl (C=O) groups is 2. The van der Waals surface area contributed by atoms with E-state index in [2.05, 4.69) is 10.6 Å². The minimum absolute atomic E-state index is 0.124. The van der Waals surface area contributed by atoms with E-state index in [0.717, 1.165) is 5.75 Å². The number of primary amides is 1. The van der Waals surface area contributed by atoms with Gasteiger partial charge in [-0.1, -0.05) is 24.3 Å². The molecule has 3 rings (SSSR count). The third-order valence-electron chi connectivity index (χ3n) is 4.11. The number of nitrogens with one attached hydrogen (secondary N) is 2. The lowest BCUT2D eigenvalue weighted by Gasteiger charge is -2.11. The summed E-state index contributed by atoms with van der Waals surface area (Å²) in [7, 11) is 0. The fourth-order valence-corrected chi connectivity index (χ4v) is 2.83. The van der Waals surface area contributed by atoms with Crippen molar-refractivity contribution in [2.45, 2.75) is 0 Å². The van der Waals surface area contributed by atoms with Crippen molar-refractivity contribution in [3.8, 4) is 11.5 Å². The van der Waals surface area contributed by atoms with Crippen LogP contribution in [0.5, 0.6) is 11.5 Å². The first-order valence-electron chi connectivity index (χ1n) is 9.44. The summed E-state index contributed by atoms with van der Waals surface area (Å²) in [6.07, 6.45) is 0. The minimum atomic E-state index is -0.517. The number of hydrogen-bond donors (Lipinski definition) is 3. The molecule has 2 amide bonds. The average molecular weight is 436 g/mol. The predicted octanol–water partition coefficient (Wildman–Crippen LogP) is 3.37. The van der Waals surface area contributed by atoms with Gasteiger partial charge in [0.05, 0.1) is 0 Å². The minimum Gasteiger partial charge on any atom is -0.490 e.